The SMILES string of the molecule is COc1cc(-c2cccc(-c3cccc4c3cnn4Cc3nc(OC)c(CN(C)C45CCC(C(=O)O)(CC4)CC5)cc3Cl)c2Cl)cc(F)c1CNC[C@@H]1CCCC(=O)N1. The van der Waals surface area contributed by atoms with Gasteiger partial charge in [0.15, 0.2) is 0 Å². The van der Waals surface area contributed by atoms with Gasteiger partial charge in [-0.05, 0) is 93.8 Å². The molecule has 2 aromatic heterocycles. The van der Waals surface area contributed by atoms with E-state index in [1.165, 1.54) is 13.2 Å². The average Bonchev–Trinajstić information content (AvgIpc) is 3.65. The van der Waals surface area contributed by atoms with Crippen molar-refractivity contribution in [2.45, 2.75) is 89.0 Å². The van der Waals surface area contributed by atoms with E-state index in [-0.39, 0.29) is 24.0 Å². The Morgan fingerprint density at radius 2 is 1.76 bits per heavy atom. The molecule has 11 nitrogen and oxygen atoms in total. The van der Waals surface area contributed by atoms with Gasteiger partial charge in [-0.2, -0.15) is 5.10 Å². The molecule has 3 saturated carbocycles. The highest BCUT2D eigenvalue weighted by Gasteiger charge is 2.54. The number of aromatic nitrogens is 3. The number of rotatable bonds is 14. The maximum absolute atomic E-state index is 15.8. The maximum Gasteiger partial charge on any atom is 0.309 e. The number of hydrogen-bond donors (Lipinski definition) is 3. The third-order valence-electron chi connectivity index (χ3n) is 13.1. The van der Waals surface area contributed by atoms with Crippen molar-refractivity contribution in [2.24, 2.45) is 5.41 Å². The van der Waals surface area contributed by atoms with Crippen molar-refractivity contribution in [1.82, 2.24) is 30.3 Å². The van der Waals surface area contributed by atoms with E-state index in [0.717, 1.165) is 59.7 Å². The predicted octanol–water partition coefficient (Wildman–Crippen LogP) is 8.64. The minimum absolute atomic E-state index is 0.0189. The third-order valence-corrected chi connectivity index (χ3v) is 13.9. The van der Waals surface area contributed by atoms with Crippen LogP contribution in [0.4, 0.5) is 4.39 Å². The molecule has 59 heavy (non-hydrogen) atoms. The number of nitrogens with zero attached hydrogens (tertiary/aromatic N) is 4. The fourth-order valence-electron chi connectivity index (χ4n) is 9.52. The van der Waals surface area contributed by atoms with Crippen molar-refractivity contribution in [3.63, 3.8) is 0 Å². The number of carbonyl (C=O) groups is 2. The quantitative estimate of drug-likeness (QED) is 0.101. The number of carboxylic acid groups (broad SMARTS) is 1. The average molecular weight is 844 g/mol. The van der Waals surface area contributed by atoms with Gasteiger partial charge >= 0.3 is 5.97 Å². The zero-order valence-corrected chi connectivity index (χ0v) is 35.1. The molecule has 1 aliphatic heterocycles. The molecular weight excluding hydrogens is 794 g/mol. The summed E-state index contributed by atoms with van der Waals surface area (Å²) in [6.45, 7) is 1.65. The fraction of sp³-hybridized carbons (Fsp3) is 0.422. The standard InChI is InChI=1S/C45H49Cl2FN6O5/c1-53(45-16-13-44(14-17-45,15-18-45)43(56)57)25-28-19-35(46)37(52-42(28)59-3)26-54-38-11-6-9-31(33(38)24-50-54)32-10-5-8-30(41(32)47)27-20-36(48)34(39(21-27)58-2)23-49-22-29-7-4-12-40(55)51-29/h5-6,8-11,19-21,24,29,49H,4,7,12-18,22-23,25-26H2,1-3H3,(H,51,55)(H,56,57)/t29-,44?,45?/m0/s1. The number of carboxylic acids is 1. The highest BCUT2D eigenvalue weighted by molar-refractivity contribution is 6.36. The number of amides is 1. The fourth-order valence-corrected chi connectivity index (χ4v) is 10.1. The second-order valence-electron chi connectivity index (χ2n) is 16.4. The Morgan fingerprint density at radius 3 is 2.47 bits per heavy atom. The van der Waals surface area contributed by atoms with E-state index in [1.54, 1.807) is 19.4 Å². The smallest absolute Gasteiger partial charge is 0.309 e. The van der Waals surface area contributed by atoms with Crippen molar-refractivity contribution in [3.05, 3.63) is 93.5 Å². The van der Waals surface area contributed by atoms with E-state index in [0.29, 0.717) is 89.4 Å². The van der Waals surface area contributed by atoms with Gasteiger partial charge in [-0.1, -0.05) is 53.5 Å². The lowest BCUT2D eigenvalue weighted by Gasteiger charge is -2.55. The van der Waals surface area contributed by atoms with Crippen LogP contribution >= 0.6 is 23.2 Å². The molecule has 1 atom stereocenters. The molecule has 3 aliphatic carbocycles. The van der Waals surface area contributed by atoms with Gasteiger partial charge in [-0.3, -0.25) is 19.2 Å². The summed E-state index contributed by atoms with van der Waals surface area (Å²) in [4.78, 5) is 31.0. The monoisotopic (exact) mass is 842 g/mol. The van der Waals surface area contributed by atoms with Crippen LogP contribution in [0.3, 0.4) is 0 Å². The number of hydrogen-bond acceptors (Lipinski definition) is 8. The number of carbonyl (C=O) groups excluding carboxylic acids is 1. The third kappa shape index (κ3) is 7.88. The molecule has 4 aliphatic rings. The minimum atomic E-state index is -0.661. The van der Waals surface area contributed by atoms with Crippen LogP contribution < -0.4 is 20.1 Å². The first-order valence-electron chi connectivity index (χ1n) is 20.2. The van der Waals surface area contributed by atoms with Crippen LogP contribution in [0, 0.1) is 11.2 Å². The molecule has 0 radical (unpaired) electrons. The zero-order chi connectivity index (χ0) is 41.5. The Bertz CT molecular complexity index is 2400. The normalized spacial score (nSPS) is 21.5. The minimum Gasteiger partial charge on any atom is -0.496 e. The topological polar surface area (TPSA) is 131 Å². The molecule has 3 heterocycles. The summed E-state index contributed by atoms with van der Waals surface area (Å²) in [5.41, 5.74) is 4.99. The van der Waals surface area contributed by atoms with Gasteiger partial charge in [0.1, 0.15) is 11.6 Å². The second kappa shape index (κ2) is 16.7. The van der Waals surface area contributed by atoms with Crippen LogP contribution in [0.25, 0.3) is 33.2 Å². The van der Waals surface area contributed by atoms with E-state index in [2.05, 4.69) is 22.6 Å². The number of benzene rings is 3. The van der Waals surface area contributed by atoms with Crippen molar-refractivity contribution < 1.29 is 28.6 Å². The number of pyridine rings is 1. The van der Waals surface area contributed by atoms with Gasteiger partial charge in [0.05, 0.1) is 53.6 Å². The number of nitrogens with one attached hydrogen (secondary N) is 2. The number of ether oxygens (including phenoxy) is 2. The van der Waals surface area contributed by atoms with Gasteiger partial charge in [-0.25, -0.2) is 9.37 Å². The lowest BCUT2D eigenvalue weighted by Crippen LogP contribution is -2.56. The highest BCUT2D eigenvalue weighted by atomic mass is 35.5. The summed E-state index contributed by atoms with van der Waals surface area (Å²) in [5.74, 6) is -0.134. The van der Waals surface area contributed by atoms with Crippen LogP contribution in [0.1, 0.15) is 74.6 Å². The number of halogens is 3. The first kappa shape index (κ1) is 41.0. The molecule has 310 valence electrons. The van der Waals surface area contributed by atoms with Crippen LogP contribution in [-0.4, -0.2) is 76.0 Å². The first-order chi connectivity index (χ1) is 28.4. The summed E-state index contributed by atoms with van der Waals surface area (Å²) >= 11 is 14.1. The van der Waals surface area contributed by atoms with E-state index in [1.807, 2.05) is 47.1 Å². The van der Waals surface area contributed by atoms with Crippen molar-refractivity contribution in [2.75, 3.05) is 27.8 Å². The molecule has 14 heteroatoms. The molecule has 4 fully saturated rings. The van der Waals surface area contributed by atoms with Crippen molar-refractivity contribution in [1.29, 1.82) is 0 Å². The summed E-state index contributed by atoms with van der Waals surface area (Å²) in [6, 6.07) is 16.9. The molecule has 0 spiro atoms. The molecule has 1 amide bonds. The number of aliphatic carboxylic acids is 1. The number of piperidine rings is 1. The molecule has 2 bridgehead atoms. The Hall–Kier alpha value is -4.75. The van der Waals surface area contributed by atoms with Gasteiger partial charge < -0.3 is 25.2 Å². The molecule has 9 rings (SSSR count). The van der Waals surface area contributed by atoms with Crippen molar-refractivity contribution in [3.8, 4) is 33.9 Å². The van der Waals surface area contributed by atoms with Crippen LogP contribution in [0.5, 0.6) is 11.6 Å². The molecular formula is C45H49Cl2FN6O5. The molecule has 0 unspecified atom stereocenters. The van der Waals surface area contributed by atoms with E-state index in [9.17, 15) is 14.7 Å². The molecule has 1 saturated heterocycles. The molecule has 5 aromatic rings. The Morgan fingerprint density at radius 1 is 1.03 bits per heavy atom. The van der Waals surface area contributed by atoms with Gasteiger partial charge in [0.25, 0.3) is 0 Å². The number of methoxy groups -OCH3 is 2. The van der Waals surface area contributed by atoms with Crippen LogP contribution in [0.2, 0.25) is 10.0 Å². The van der Waals surface area contributed by atoms with Gasteiger partial charge in [0, 0.05) is 65.3 Å². The van der Waals surface area contributed by atoms with E-state index >= 15 is 4.39 Å². The zero-order valence-electron chi connectivity index (χ0n) is 33.5. The number of fused-ring (bicyclic) bond motifs is 4. The Labute approximate surface area is 353 Å². The Balaban J connectivity index is 1.01. The van der Waals surface area contributed by atoms with Crippen molar-refractivity contribution >= 4 is 46.0 Å². The van der Waals surface area contributed by atoms with E-state index in [4.69, 9.17) is 42.8 Å². The van der Waals surface area contributed by atoms with Crippen LogP contribution in [-0.2, 0) is 29.2 Å². The maximum atomic E-state index is 15.8. The predicted molar refractivity (Wildman–Crippen MR) is 226 cm³/mol. The Kier molecular flexibility index (Phi) is 11.6. The van der Waals surface area contributed by atoms with Gasteiger partial charge in [0.2, 0.25) is 11.8 Å². The summed E-state index contributed by atoms with van der Waals surface area (Å²) < 4.78 is 29.1. The molecule has 3 aromatic carbocycles. The lowest BCUT2D eigenvalue weighted by molar-refractivity contribution is -0.160. The van der Waals surface area contributed by atoms with Gasteiger partial charge in [-0.15, -0.1) is 0 Å². The highest BCUT2D eigenvalue weighted by Crippen LogP contribution is 2.55. The summed E-state index contributed by atoms with van der Waals surface area (Å²) in [6.07, 6.45) is 8.73. The first-order valence-corrected chi connectivity index (χ1v) is 21.0. The second-order valence-corrected chi connectivity index (χ2v) is 17.2. The van der Waals surface area contributed by atoms with E-state index < -0.39 is 17.2 Å². The largest absolute Gasteiger partial charge is 0.496 e. The summed E-state index contributed by atoms with van der Waals surface area (Å²) in [5, 5.41) is 22.7. The van der Waals surface area contributed by atoms with Crippen LogP contribution in [0.15, 0.2) is 60.8 Å². The lowest BCUT2D eigenvalue weighted by atomic mass is 9.57. The summed E-state index contributed by atoms with van der Waals surface area (Å²) in [7, 11) is 5.23. The molecule has 3 N–H and O–H groups in total.